The number of hydrogen-bond donors (Lipinski definition) is 0. The molecule has 0 spiro atoms. The van der Waals surface area contributed by atoms with Crippen molar-refractivity contribution >= 4 is 10.9 Å². The standard InChI is InChI=1S/C18H18N2O3/c1-4-12-9-15(23-3)10-16-17(12)18(21)20(11-19-16)13-5-7-14(22-2)8-6-13/h5-11H,4H2,1-3H3. The molecule has 1 heterocycles. The molecule has 0 aliphatic heterocycles. The van der Waals surface area contributed by atoms with Crippen LogP contribution in [0.3, 0.4) is 0 Å². The molecule has 0 aliphatic rings. The molecule has 5 nitrogen and oxygen atoms in total. The number of aryl methyl sites for hydroxylation is 1. The Hall–Kier alpha value is -2.82. The topological polar surface area (TPSA) is 53.4 Å². The molecular formula is C18H18N2O3. The lowest BCUT2D eigenvalue weighted by Gasteiger charge is -2.11. The molecule has 2 aromatic carbocycles. The summed E-state index contributed by atoms with van der Waals surface area (Å²) in [7, 11) is 3.22. The van der Waals surface area contributed by atoms with E-state index >= 15 is 0 Å². The van der Waals surface area contributed by atoms with Crippen molar-refractivity contribution in [1.29, 1.82) is 0 Å². The first kappa shape index (κ1) is 15.1. The number of rotatable bonds is 4. The number of nitrogens with zero attached hydrogens (tertiary/aromatic N) is 2. The molecule has 0 aliphatic carbocycles. The summed E-state index contributed by atoms with van der Waals surface area (Å²) in [5.41, 5.74) is 2.25. The summed E-state index contributed by atoms with van der Waals surface area (Å²) in [5, 5.41) is 0.631. The summed E-state index contributed by atoms with van der Waals surface area (Å²) in [6.07, 6.45) is 2.28. The summed E-state index contributed by atoms with van der Waals surface area (Å²) in [4.78, 5) is 17.3. The lowest BCUT2D eigenvalue weighted by molar-refractivity contribution is 0.414. The predicted molar refractivity (Wildman–Crippen MR) is 89.8 cm³/mol. The minimum absolute atomic E-state index is 0.0836. The van der Waals surface area contributed by atoms with Crippen LogP contribution in [0.4, 0.5) is 0 Å². The second-order valence-electron chi connectivity index (χ2n) is 5.15. The van der Waals surface area contributed by atoms with Crippen molar-refractivity contribution in [3.8, 4) is 17.2 Å². The van der Waals surface area contributed by atoms with Gasteiger partial charge in [-0.2, -0.15) is 0 Å². The van der Waals surface area contributed by atoms with E-state index in [2.05, 4.69) is 4.98 Å². The van der Waals surface area contributed by atoms with Gasteiger partial charge >= 0.3 is 0 Å². The first-order chi connectivity index (χ1) is 11.2. The molecule has 0 fully saturated rings. The van der Waals surface area contributed by atoms with Gasteiger partial charge in [-0.1, -0.05) is 6.92 Å². The molecule has 1 aromatic heterocycles. The van der Waals surface area contributed by atoms with E-state index < -0.39 is 0 Å². The van der Waals surface area contributed by atoms with E-state index in [0.29, 0.717) is 16.7 Å². The van der Waals surface area contributed by atoms with Gasteiger partial charge in [0.1, 0.15) is 17.8 Å². The second kappa shape index (κ2) is 6.12. The number of ether oxygens (including phenoxy) is 2. The second-order valence-corrected chi connectivity index (χ2v) is 5.15. The number of fused-ring (bicyclic) bond motifs is 1. The highest BCUT2D eigenvalue weighted by molar-refractivity contribution is 5.83. The highest BCUT2D eigenvalue weighted by atomic mass is 16.5. The van der Waals surface area contributed by atoms with E-state index in [-0.39, 0.29) is 5.56 Å². The highest BCUT2D eigenvalue weighted by Crippen LogP contribution is 2.22. The van der Waals surface area contributed by atoms with E-state index in [1.165, 1.54) is 0 Å². The fraction of sp³-hybridized carbons (Fsp3) is 0.222. The number of hydrogen-bond acceptors (Lipinski definition) is 4. The first-order valence-electron chi connectivity index (χ1n) is 7.40. The lowest BCUT2D eigenvalue weighted by atomic mass is 10.1. The van der Waals surface area contributed by atoms with Gasteiger partial charge in [-0.05, 0) is 42.3 Å². The maximum atomic E-state index is 12.9. The fourth-order valence-electron chi connectivity index (χ4n) is 2.62. The maximum Gasteiger partial charge on any atom is 0.266 e. The zero-order valence-corrected chi connectivity index (χ0v) is 13.4. The SMILES string of the molecule is CCc1cc(OC)cc2ncn(-c3ccc(OC)cc3)c(=O)c12. The van der Waals surface area contributed by atoms with Crippen LogP contribution < -0.4 is 15.0 Å². The van der Waals surface area contributed by atoms with Crippen molar-refractivity contribution in [2.45, 2.75) is 13.3 Å². The molecule has 0 saturated carbocycles. The van der Waals surface area contributed by atoms with Gasteiger partial charge < -0.3 is 9.47 Å². The van der Waals surface area contributed by atoms with Gasteiger partial charge in [0.2, 0.25) is 0 Å². The Labute approximate surface area is 134 Å². The average molecular weight is 310 g/mol. The quantitative estimate of drug-likeness (QED) is 0.743. The molecule has 0 amide bonds. The van der Waals surface area contributed by atoms with Crippen LogP contribution in [0.5, 0.6) is 11.5 Å². The third kappa shape index (κ3) is 2.65. The molecule has 0 unspecified atom stereocenters. The van der Waals surface area contributed by atoms with E-state index in [9.17, 15) is 4.79 Å². The molecule has 5 heteroatoms. The summed E-state index contributed by atoms with van der Waals surface area (Å²) >= 11 is 0. The normalized spacial score (nSPS) is 10.7. The van der Waals surface area contributed by atoms with Gasteiger partial charge in [-0.25, -0.2) is 4.98 Å². The Morgan fingerprint density at radius 3 is 2.35 bits per heavy atom. The third-order valence-corrected chi connectivity index (χ3v) is 3.88. The van der Waals surface area contributed by atoms with Crippen molar-refractivity contribution in [2.75, 3.05) is 14.2 Å². The van der Waals surface area contributed by atoms with Gasteiger partial charge in [0, 0.05) is 6.07 Å². The van der Waals surface area contributed by atoms with Crippen molar-refractivity contribution in [2.24, 2.45) is 0 Å². The largest absolute Gasteiger partial charge is 0.497 e. The Morgan fingerprint density at radius 2 is 1.74 bits per heavy atom. The average Bonchev–Trinajstić information content (AvgIpc) is 2.61. The molecule has 0 N–H and O–H groups in total. The van der Waals surface area contributed by atoms with Crippen LogP contribution in [0.15, 0.2) is 47.5 Å². The van der Waals surface area contributed by atoms with Crippen LogP contribution in [-0.4, -0.2) is 23.8 Å². The fourth-order valence-corrected chi connectivity index (χ4v) is 2.62. The van der Waals surface area contributed by atoms with Crippen LogP contribution >= 0.6 is 0 Å². The van der Waals surface area contributed by atoms with E-state index in [1.807, 2.05) is 37.3 Å². The molecule has 118 valence electrons. The summed E-state index contributed by atoms with van der Waals surface area (Å²) in [6.45, 7) is 2.01. The molecule has 3 aromatic rings. The molecule has 0 radical (unpaired) electrons. The molecule has 3 rings (SSSR count). The number of benzene rings is 2. The van der Waals surface area contributed by atoms with Crippen LogP contribution in [-0.2, 0) is 6.42 Å². The van der Waals surface area contributed by atoms with Crippen LogP contribution in [0.1, 0.15) is 12.5 Å². The molecular weight excluding hydrogens is 292 g/mol. The molecule has 0 atom stereocenters. The van der Waals surface area contributed by atoms with Gasteiger partial charge in [-0.3, -0.25) is 9.36 Å². The van der Waals surface area contributed by atoms with Crippen molar-refractivity contribution in [1.82, 2.24) is 9.55 Å². The Kier molecular flexibility index (Phi) is 4.02. The maximum absolute atomic E-state index is 12.9. The summed E-state index contributed by atoms with van der Waals surface area (Å²) in [6, 6.07) is 11.0. The first-order valence-corrected chi connectivity index (χ1v) is 7.40. The van der Waals surface area contributed by atoms with Gasteiger partial charge in [0.25, 0.3) is 5.56 Å². The molecule has 23 heavy (non-hydrogen) atoms. The Morgan fingerprint density at radius 1 is 1.04 bits per heavy atom. The van der Waals surface area contributed by atoms with Gasteiger partial charge in [-0.15, -0.1) is 0 Å². The van der Waals surface area contributed by atoms with E-state index in [0.717, 1.165) is 23.4 Å². The van der Waals surface area contributed by atoms with Crippen molar-refractivity contribution in [3.05, 3.63) is 58.6 Å². The Bertz CT molecular complexity index is 899. The minimum Gasteiger partial charge on any atom is -0.497 e. The zero-order valence-electron chi connectivity index (χ0n) is 13.4. The summed E-state index contributed by atoms with van der Waals surface area (Å²) < 4.78 is 12.0. The smallest absolute Gasteiger partial charge is 0.266 e. The van der Waals surface area contributed by atoms with Crippen LogP contribution in [0.25, 0.3) is 16.6 Å². The van der Waals surface area contributed by atoms with Crippen LogP contribution in [0, 0.1) is 0 Å². The summed E-state index contributed by atoms with van der Waals surface area (Å²) in [5.74, 6) is 1.46. The monoisotopic (exact) mass is 310 g/mol. The van der Waals surface area contributed by atoms with Crippen molar-refractivity contribution in [3.63, 3.8) is 0 Å². The van der Waals surface area contributed by atoms with E-state index in [4.69, 9.17) is 9.47 Å². The lowest BCUT2D eigenvalue weighted by Crippen LogP contribution is -2.20. The molecule has 0 bridgehead atoms. The molecule has 0 saturated heterocycles. The Balaban J connectivity index is 2.23. The van der Waals surface area contributed by atoms with Crippen LogP contribution in [0.2, 0.25) is 0 Å². The van der Waals surface area contributed by atoms with E-state index in [1.54, 1.807) is 31.2 Å². The van der Waals surface area contributed by atoms with Crippen molar-refractivity contribution < 1.29 is 9.47 Å². The third-order valence-electron chi connectivity index (χ3n) is 3.88. The number of aromatic nitrogens is 2. The minimum atomic E-state index is -0.0836. The highest BCUT2D eigenvalue weighted by Gasteiger charge is 2.11. The van der Waals surface area contributed by atoms with Gasteiger partial charge in [0.15, 0.2) is 0 Å². The predicted octanol–water partition coefficient (Wildman–Crippen LogP) is 2.97. The number of methoxy groups -OCH3 is 2. The van der Waals surface area contributed by atoms with Gasteiger partial charge in [0.05, 0.1) is 30.8 Å². The zero-order chi connectivity index (χ0) is 16.4.